The molecular weight excluding hydrogens is 553 g/mol. The fraction of sp³-hybridized carbons (Fsp3) is 0.286. The van der Waals surface area contributed by atoms with Crippen LogP contribution in [0.25, 0.3) is 11.1 Å². The van der Waals surface area contributed by atoms with Crippen LogP contribution in [0.1, 0.15) is 17.5 Å². The van der Waals surface area contributed by atoms with Gasteiger partial charge in [0.05, 0.1) is 17.4 Å². The van der Waals surface area contributed by atoms with Crippen LogP contribution >= 0.6 is 23.2 Å². The molecule has 6 rings (SSSR count). The lowest BCUT2D eigenvalue weighted by molar-refractivity contribution is -0.124. The van der Waals surface area contributed by atoms with Gasteiger partial charge in [0.15, 0.2) is 6.10 Å². The number of halogens is 2. The molecule has 1 unspecified atom stereocenters. The molecule has 0 bridgehead atoms. The van der Waals surface area contributed by atoms with Gasteiger partial charge in [-0.15, -0.1) is 0 Å². The predicted molar refractivity (Wildman–Crippen MR) is 154 cm³/mol. The molecule has 0 saturated carbocycles. The third-order valence-corrected chi connectivity index (χ3v) is 7.75. The van der Waals surface area contributed by atoms with Crippen LogP contribution in [-0.4, -0.2) is 62.8 Å². The lowest BCUT2D eigenvalue weighted by Gasteiger charge is -2.45. The number of carbonyl (C=O) groups is 1. The smallest absolute Gasteiger partial charge is 0.259 e. The molecule has 4 heterocycles. The van der Waals surface area contributed by atoms with Gasteiger partial charge in [0.1, 0.15) is 12.4 Å². The number of aliphatic hydroxyl groups is 1. The Kier molecular flexibility index (Phi) is 6.99. The molecule has 206 valence electrons. The van der Waals surface area contributed by atoms with Crippen molar-refractivity contribution in [2.45, 2.75) is 19.1 Å². The summed E-state index contributed by atoms with van der Waals surface area (Å²) >= 11 is 11.9. The summed E-state index contributed by atoms with van der Waals surface area (Å²) < 4.78 is 7.95. The summed E-state index contributed by atoms with van der Waals surface area (Å²) in [4.78, 5) is 29.7. The Morgan fingerprint density at radius 2 is 1.82 bits per heavy atom. The molecule has 2 aliphatic rings. The highest BCUT2D eigenvalue weighted by Crippen LogP contribution is 2.38. The van der Waals surface area contributed by atoms with E-state index >= 15 is 0 Å². The first-order chi connectivity index (χ1) is 19.3. The quantitative estimate of drug-likeness (QED) is 0.361. The number of amides is 1. The fourth-order valence-corrected chi connectivity index (χ4v) is 5.70. The minimum absolute atomic E-state index is 0.0564. The maximum Gasteiger partial charge on any atom is 0.259 e. The van der Waals surface area contributed by atoms with Gasteiger partial charge in [-0.05, 0) is 53.9 Å². The molecule has 0 radical (unpaired) electrons. The normalized spacial score (nSPS) is 17.1. The summed E-state index contributed by atoms with van der Waals surface area (Å²) in [6.07, 6.45) is -1.36. The van der Waals surface area contributed by atoms with E-state index in [1.54, 1.807) is 6.07 Å². The molecule has 1 fully saturated rings. The van der Waals surface area contributed by atoms with Crippen molar-refractivity contribution in [1.29, 1.82) is 0 Å². The van der Waals surface area contributed by atoms with Crippen LogP contribution in [0.5, 0.6) is 5.75 Å². The van der Waals surface area contributed by atoms with E-state index in [0.29, 0.717) is 49.3 Å². The Morgan fingerprint density at radius 3 is 2.58 bits per heavy atom. The van der Waals surface area contributed by atoms with Gasteiger partial charge in [-0.2, -0.15) is 15.0 Å². The Labute approximate surface area is 241 Å². The number of carbonyl (C=O) groups excluding carboxylic acids is 1. The maximum absolute atomic E-state index is 13.2. The number of benzene rings is 2. The van der Waals surface area contributed by atoms with Crippen molar-refractivity contribution in [3.05, 3.63) is 76.6 Å². The molecule has 12 heteroatoms. The highest BCUT2D eigenvalue weighted by molar-refractivity contribution is 6.31. The predicted octanol–water partition coefficient (Wildman–Crippen LogP) is 4.25. The zero-order chi connectivity index (χ0) is 28.0. The Morgan fingerprint density at radius 1 is 1.07 bits per heavy atom. The number of nitrogens with zero attached hydrogens (tertiary/aromatic N) is 6. The van der Waals surface area contributed by atoms with Crippen LogP contribution < -0.4 is 19.9 Å². The van der Waals surface area contributed by atoms with Crippen molar-refractivity contribution in [2.24, 2.45) is 7.05 Å². The van der Waals surface area contributed by atoms with E-state index < -0.39 is 12.0 Å². The summed E-state index contributed by atoms with van der Waals surface area (Å²) in [6, 6.07) is 17.3. The van der Waals surface area contributed by atoms with Crippen LogP contribution in [-0.2, 0) is 11.8 Å². The molecule has 2 aromatic heterocycles. The fourth-order valence-electron chi connectivity index (χ4n) is 5.35. The first-order valence-corrected chi connectivity index (χ1v) is 13.6. The molecule has 0 aliphatic carbocycles. The highest BCUT2D eigenvalue weighted by atomic mass is 35.5. The molecule has 40 heavy (non-hydrogen) atoms. The van der Waals surface area contributed by atoms with Crippen molar-refractivity contribution in [3.8, 4) is 16.9 Å². The number of hydrogen-bond donors (Lipinski definition) is 2. The molecule has 0 spiro atoms. The van der Waals surface area contributed by atoms with E-state index in [1.807, 2.05) is 72.0 Å². The van der Waals surface area contributed by atoms with Gasteiger partial charge in [-0.3, -0.25) is 4.79 Å². The summed E-state index contributed by atoms with van der Waals surface area (Å²) in [7, 11) is 1.85. The minimum atomic E-state index is -1.36. The molecular formula is C28H27Cl2N7O3. The minimum Gasteiger partial charge on any atom is -0.489 e. The summed E-state index contributed by atoms with van der Waals surface area (Å²) in [5.41, 5.74) is 4.72. The van der Waals surface area contributed by atoms with Crippen molar-refractivity contribution in [3.63, 3.8) is 0 Å². The van der Waals surface area contributed by atoms with Gasteiger partial charge < -0.3 is 29.5 Å². The molecule has 2 atom stereocenters. The number of aryl methyl sites for hydroxylation is 1. The number of fused-ring (bicyclic) bond motifs is 3. The topological polar surface area (TPSA) is 109 Å². The molecule has 2 aromatic carbocycles. The lowest BCUT2D eigenvalue weighted by atomic mass is 10.0. The van der Waals surface area contributed by atoms with Crippen LogP contribution in [0, 0.1) is 6.92 Å². The number of ether oxygens (including phenoxy) is 1. The largest absolute Gasteiger partial charge is 0.489 e. The van der Waals surface area contributed by atoms with E-state index in [4.69, 9.17) is 27.9 Å². The Bertz CT molecular complexity index is 1560. The van der Waals surface area contributed by atoms with Crippen LogP contribution in [0.2, 0.25) is 10.6 Å². The first kappa shape index (κ1) is 26.4. The second kappa shape index (κ2) is 10.6. The van der Waals surface area contributed by atoms with E-state index in [0.717, 1.165) is 22.5 Å². The molecule has 2 aliphatic heterocycles. The maximum atomic E-state index is 13.2. The number of aliphatic hydroxyl groups excluding tert-OH is 1. The Hall–Kier alpha value is -3.86. The molecule has 10 nitrogen and oxygen atoms in total. The van der Waals surface area contributed by atoms with E-state index in [-0.39, 0.29) is 16.6 Å². The average molecular weight is 580 g/mol. The zero-order valence-electron chi connectivity index (χ0n) is 21.9. The number of aromatic nitrogens is 4. The number of rotatable bonds is 5. The Balaban J connectivity index is 1.17. The number of nitrogens with one attached hydrogen (secondary N) is 1. The summed E-state index contributed by atoms with van der Waals surface area (Å²) in [5.74, 6) is 0.592. The van der Waals surface area contributed by atoms with Gasteiger partial charge in [0, 0.05) is 49.7 Å². The standard InChI is InChI=1S/C28H27Cl2N7O3/c1-16-12-20(17-6-4-3-5-7-17)23(35(16)2)24(38)25(39)31-18-8-9-21-22(13-18)40-15-19-14-36(10-11-37(19)21)28-33-26(29)32-27(30)34-28/h3-9,12-13,19,24,38H,10-11,14-15H2,1-2H3,(H,31,39)/t19-,24?/m1/s1. The van der Waals surface area contributed by atoms with Crippen molar-refractivity contribution >= 4 is 46.4 Å². The monoisotopic (exact) mass is 579 g/mol. The number of anilines is 3. The van der Waals surface area contributed by atoms with Gasteiger partial charge >= 0.3 is 0 Å². The highest BCUT2D eigenvalue weighted by Gasteiger charge is 2.34. The number of piperazine rings is 1. The van der Waals surface area contributed by atoms with Gasteiger partial charge in [-0.1, -0.05) is 30.3 Å². The van der Waals surface area contributed by atoms with Gasteiger partial charge in [0.25, 0.3) is 5.91 Å². The number of hydrogen-bond acceptors (Lipinski definition) is 8. The zero-order valence-corrected chi connectivity index (χ0v) is 23.4. The van der Waals surface area contributed by atoms with Crippen LogP contribution in [0.3, 0.4) is 0 Å². The second-order valence-corrected chi connectivity index (χ2v) is 10.5. The van der Waals surface area contributed by atoms with Gasteiger partial charge in [-0.25, -0.2) is 0 Å². The summed E-state index contributed by atoms with van der Waals surface area (Å²) in [5, 5.41) is 14.1. The van der Waals surface area contributed by atoms with Crippen LogP contribution in [0.4, 0.5) is 17.3 Å². The summed E-state index contributed by atoms with van der Waals surface area (Å²) in [6.45, 7) is 4.39. The van der Waals surface area contributed by atoms with E-state index in [1.165, 1.54) is 0 Å². The first-order valence-electron chi connectivity index (χ1n) is 12.8. The van der Waals surface area contributed by atoms with Crippen molar-refractivity contribution in [1.82, 2.24) is 19.5 Å². The van der Waals surface area contributed by atoms with E-state index in [9.17, 15) is 9.90 Å². The average Bonchev–Trinajstić information content (AvgIpc) is 3.25. The second-order valence-electron chi connectivity index (χ2n) is 9.86. The molecule has 4 aromatic rings. The lowest BCUT2D eigenvalue weighted by Crippen LogP contribution is -2.57. The third-order valence-electron chi connectivity index (χ3n) is 7.41. The molecule has 1 saturated heterocycles. The van der Waals surface area contributed by atoms with Crippen molar-refractivity contribution < 1.29 is 14.6 Å². The SMILES string of the molecule is Cc1cc(-c2ccccc2)c(C(O)C(=O)Nc2ccc3c(c2)OC[C@H]2CN(c4nc(Cl)nc(Cl)n4)CCN32)n1C. The third kappa shape index (κ3) is 4.94. The van der Waals surface area contributed by atoms with Gasteiger partial charge in [0.2, 0.25) is 16.5 Å². The van der Waals surface area contributed by atoms with Crippen LogP contribution in [0.15, 0.2) is 54.6 Å². The van der Waals surface area contributed by atoms with E-state index in [2.05, 4.69) is 25.2 Å². The molecule has 2 N–H and O–H groups in total. The molecule has 1 amide bonds. The van der Waals surface area contributed by atoms with Crippen molar-refractivity contribution in [2.75, 3.05) is 41.4 Å².